The summed E-state index contributed by atoms with van der Waals surface area (Å²) in [6, 6.07) is 13.5. The smallest absolute Gasteiger partial charge is 0.124 e. The van der Waals surface area contributed by atoms with Gasteiger partial charge < -0.3 is 0 Å². The highest BCUT2D eigenvalue weighted by atomic mass is 79.9. The van der Waals surface area contributed by atoms with Gasteiger partial charge in [0.15, 0.2) is 0 Å². The second kappa shape index (κ2) is 5.86. The maximum atomic E-state index is 6.03. The molecule has 0 aliphatic carbocycles. The fraction of sp³-hybridized carbons (Fsp3) is 0. The van der Waals surface area contributed by atoms with Gasteiger partial charge in [-0.3, -0.25) is 0 Å². The van der Waals surface area contributed by atoms with Crippen molar-refractivity contribution in [3.63, 3.8) is 0 Å². The van der Waals surface area contributed by atoms with Crippen molar-refractivity contribution in [1.82, 2.24) is 4.98 Å². The van der Waals surface area contributed by atoms with Crippen molar-refractivity contribution in [2.24, 2.45) is 0 Å². The summed E-state index contributed by atoms with van der Waals surface area (Å²) >= 11 is 17.1. The van der Waals surface area contributed by atoms with Crippen molar-refractivity contribution < 1.29 is 0 Å². The maximum absolute atomic E-state index is 6.03. The van der Waals surface area contributed by atoms with Gasteiger partial charge in [-0.2, -0.15) is 0 Å². The SMILES string of the molecule is Clc1cc(Cl)cc(-c2nc(-c3cccc(Br)c3)cs2)c1. The monoisotopic (exact) mass is 383 g/mol. The molecule has 1 aromatic heterocycles. The summed E-state index contributed by atoms with van der Waals surface area (Å²) in [7, 11) is 0. The lowest BCUT2D eigenvalue weighted by Crippen LogP contribution is -1.80. The molecular formula is C15H8BrCl2NS. The number of aromatic nitrogens is 1. The molecule has 0 saturated carbocycles. The van der Waals surface area contributed by atoms with E-state index in [4.69, 9.17) is 23.2 Å². The van der Waals surface area contributed by atoms with Gasteiger partial charge in [0.1, 0.15) is 5.01 Å². The first-order chi connectivity index (χ1) is 9.61. The van der Waals surface area contributed by atoms with Crippen LogP contribution >= 0.6 is 50.5 Å². The normalized spacial score (nSPS) is 10.8. The second-order valence-corrected chi connectivity index (χ2v) is 6.85. The lowest BCUT2D eigenvalue weighted by Gasteiger charge is -2.00. The summed E-state index contributed by atoms with van der Waals surface area (Å²) < 4.78 is 1.04. The van der Waals surface area contributed by atoms with E-state index in [1.165, 1.54) is 0 Å². The van der Waals surface area contributed by atoms with Gasteiger partial charge in [-0.05, 0) is 30.3 Å². The number of hydrogen-bond acceptors (Lipinski definition) is 2. The second-order valence-electron chi connectivity index (χ2n) is 4.21. The van der Waals surface area contributed by atoms with E-state index in [0.29, 0.717) is 10.0 Å². The number of benzene rings is 2. The van der Waals surface area contributed by atoms with Gasteiger partial charge in [-0.1, -0.05) is 51.3 Å². The van der Waals surface area contributed by atoms with Crippen LogP contribution < -0.4 is 0 Å². The quantitative estimate of drug-likeness (QED) is 0.488. The largest absolute Gasteiger partial charge is 0.236 e. The van der Waals surface area contributed by atoms with Crippen molar-refractivity contribution in [2.45, 2.75) is 0 Å². The molecule has 0 spiro atoms. The molecule has 0 radical (unpaired) electrons. The van der Waals surface area contributed by atoms with Crippen LogP contribution in [0.2, 0.25) is 10.0 Å². The Morgan fingerprint density at radius 2 is 1.70 bits per heavy atom. The van der Waals surface area contributed by atoms with Crippen LogP contribution in [0.5, 0.6) is 0 Å². The third-order valence-electron chi connectivity index (χ3n) is 2.73. The van der Waals surface area contributed by atoms with Crippen molar-refractivity contribution in [1.29, 1.82) is 0 Å². The molecule has 3 rings (SSSR count). The lowest BCUT2D eigenvalue weighted by molar-refractivity contribution is 1.40. The molecule has 0 atom stereocenters. The molecule has 0 saturated heterocycles. The summed E-state index contributed by atoms with van der Waals surface area (Å²) in [5.41, 5.74) is 2.96. The molecular weight excluding hydrogens is 377 g/mol. The van der Waals surface area contributed by atoms with Crippen LogP contribution in [0.4, 0.5) is 0 Å². The van der Waals surface area contributed by atoms with Gasteiger partial charge in [-0.15, -0.1) is 11.3 Å². The molecule has 2 aromatic carbocycles. The van der Waals surface area contributed by atoms with E-state index >= 15 is 0 Å². The van der Waals surface area contributed by atoms with Gasteiger partial charge in [-0.25, -0.2) is 4.98 Å². The Morgan fingerprint density at radius 1 is 0.950 bits per heavy atom. The number of hydrogen-bond donors (Lipinski definition) is 0. The molecule has 0 N–H and O–H groups in total. The van der Waals surface area contributed by atoms with E-state index in [9.17, 15) is 0 Å². The Bertz CT molecular complexity index is 750. The highest BCUT2D eigenvalue weighted by Crippen LogP contribution is 2.32. The number of rotatable bonds is 2. The molecule has 0 bridgehead atoms. The van der Waals surface area contributed by atoms with Crippen LogP contribution in [-0.2, 0) is 0 Å². The Hall–Kier alpha value is -0.870. The summed E-state index contributed by atoms with van der Waals surface area (Å²) in [5.74, 6) is 0. The minimum Gasteiger partial charge on any atom is -0.236 e. The van der Waals surface area contributed by atoms with E-state index in [1.807, 2.05) is 41.8 Å². The predicted octanol–water partition coefficient (Wildman–Crippen LogP) is 6.55. The number of halogens is 3. The van der Waals surface area contributed by atoms with Crippen LogP contribution in [0.3, 0.4) is 0 Å². The zero-order valence-electron chi connectivity index (χ0n) is 10.1. The molecule has 0 unspecified atom stereocenters. The van der Waals surface area contributed by atoms with Crippen LogP contribution in [0, 0.1) is 0 Å². The minimum absolute atomic E-state index is 0.617. The molecule has 20 heavy (non-hydrogen) atoms. The molecule has 0 aliphatic rings. The molecule has 3 aromatic rings. The topological polar surface area (TPSA) is 12.9 Å². The third-order valence-corrected chi connectivity index (χ3v) is 4.56. The Labute approximate surface area is 139 Å². The Morgan fingerprint density at radius 3 is 2.40 bits per heavy atom. The number of thiazole rings is 1. The third kappa shape index (κ3) is 3.07. The fourth-order valence-electron chi connectivity index (χ4n) is 1.86. The molecule has 5 heteroatoms. The highest BCUT2D eigenvalue weighted by Gasteiger charge is 2.08. The number of nitrogens with zero attached hydrogens (tertiary/aromatic N) is 1. The highest BCUT2D eigenvalue weighted by molar-refractivity contribution is 9.10. The van der Waals surface area contributed by atoms with E-state index in [2.05, 4.69) is 20.9 Å². The molecule has 0 fully saturated rings. The van der Waals surface area contributed by atoms with Gasteiger partial charge >= 0.3 is 0 Å². The maximum Gasteiger partial charge on any atom is 0.124 e. The average Bonchev–Trinajstić information content (AvgIpc) is 2.87. The van der Waals surface area contributed by atoms with E-state index in [-0.39, 0.29) is 0 Å². The summed E-state index contributed by atoms with van der Waals surface area (Å²) in [5, 5.41) is 4.18. The van der Waals surface area contributed by atoms with Crippen LogP contribution in [0.25, 0.3) is 21.8 Å². The van der Waals surface area contributed by atoms with Crippen molar-refractivity contribution >= 4 is 50.5 Å². The van der Waals surface area contributed by atoms with Crippen molar-refractivity contribution in [3.8, 4) is 21.8 Å². The first kappa shape index (κ1) is 14.1. The summed E-state index contributed by atoms with van der Waals surface area (Å²) in [6.07, 6.45) is 0. The van der Waals surface area contributed by atoms with Crippen LogP contribution in [-0.4, -0.2) is 4.98 Å². The zero-order chi connectivity index (χ0) is 14.1. The van der Waals surface area contributed by atoms with Gasteiger partial charge in [0.05, 0.1) is 5.69 Å². The Balaban J connectivity index is 2.02. The summed E-state index contributed by atoms with van der Waals surface area (Å²) in [6.45, 7) is 0. The van der Waals surface area contributed by atoms with Crippen molar-refractivity contribution in [2.75, 3.05) is 0 Å². The van der Waals surface area contributed by atoms with E-state index < -0.39 is 0 Å². The van der Waals surface area contributed by atoms with Gasteiger partial charge in [0.2, 0.25) is 0 Å². The van der Waals surface area contributed by atoms with Crippen molar-refractivity contribution in [3.05, 3.63) is 62.4 Å². The minimum atomic E-state index is 0.617. The molecule has 1 nitrogen and oxygen atoms in total. The lowest BCUT2D eigenvalue weighted by atomic mass is 10.2. The van der Waals surface area contributed by atoms with E-state index in [0.717, 1.165) is 26.3 Å². The van der Waals surface area contributed by atoms with E-state index in [1.54, 1.807) is 17.4 Å². The molecule has 0 aliphatic heterocycles. The van der Waals surface area contributed by atoms with Crippen LogP contribution in [0.15, 0.2) is 52.3 Å². The fourth-order valence-corrected chi connectivity index (χ4v) is 3.61. The molecule has 0 amide bonds. The molecule has 1 heterocycles. The Kier molecular flexibility index (Phi) is 4.13. The van der Waals surface area contributed by atoms with Crippen LogP contribution in [0.1, 0.15) is 0 Å². The first-order valence-corrected chi connectivity index (χ1v) is 8.22. The van der Waals surface area contributed by atoms with Gasteiger partial charge in [0, 0.05) is 31.0 Å². The standard InChI is InChI=1S/C15H8BrCl2NS/c16-11-3-1-2-9(4-11)14-8-20-15(19-14)10-5-12(17)7-13(18)6-10/h1-8H. The first-order valence-electron chi connectivity index (χ1n) is 5.80. The molecule has 100 valence electrons. The van der Waals surface area contributed by atoms with Gasteiger partial charge in [0.25, 0.3) is 0 Å². The predicted molar refractivity (Wildman–Crippen MR) is 90.7 cm³/mol. The summed E-state index contributed by atoms with van der Waals surface area (Å²) in [4.78, 5) is 4.65. The average molecular weight is 385 g/mol. The zero-order valence-corrected chi connectivity index (χ0v) is 14.0.